The van der Waals surface area contributed by atoms with Gasteiger partial charge < -0.3 is 4.98 Å². The van der Waals surface area contributed by atoms with Gasteiger partial charge in [-0.25, -0.2) is 0 Å². The molecule has 2 heteroatoms. The maximum Gasteiger partial charge on any atom is 0.0457 e. The van der Waals surface area contributed by atoms with Crippen molar-refractivity contribution >= 4 is 22.7 Å². The SMILES string of the molecule is Cc1ccccc1[C@H](c1c[nH]c2ccccc12)[C@@H](SCc1ccccc1)c1ccccc1C. The molecule has 4 aromatic carbocycles. The second kappa shape index (κ2) is 9.72. The van der Waals surface area contributed by atoms with Crippen molar-refractivity contribution in [2.75, 3.05) is 0 Å². The predicted molar refractivity (Wildman–Crippen MR) is 143 cm³/mol. The Morgan fingerprint density at radius 1 is 0.636 bits per heavy atom. The number of benzene rings is 4. The van der Waals surface area contributed by atoms with E-state index in [4.69, 9.17) is 0 Å². The molecule has 0 radical (unpaired) electrons. The minimum Gasteiger partial charge on any atom is -0.361 e. The van der Waals surface area contributed by atoms with Crippen molar-refractivity contribution < 1.29 is 0 Å². The molecular formula is C31H29NS. The van der Waals surface area contributed by atoms with Crippen molar-refractivity contribution in [3.05, 3.63) is 143 Å². The normalized spacial score (nSPS) is 13.2. The smallest absolute Gasteiger partial charge is 0.0457 e. The molecule has 2 atom stereocenters. The highest BCUT2D eigenvalue weighted by Crippen LogP contribution is 2.49. The Balaban J connectivity index is 1.69. The van der Waals surface area contributed by atoms with Gasteiger partial charge in [-0.1, -0.05) is 97.1 Å². The van der Waals surface area contributed by atoms with Crippen LogP contribution < -0.4 is 0 Å². The van der Waals surface area contributed by atoms with Crippen molar-refractivity contribution in [3.63, 3.8) is 0 Å². The predicted octanol–water partition coefficient (Wildman–Crippen LogP) is 8.59. The van der Waals surface area contributed by atoms with Crippen molar-refractivity contribution in [1.82, 2.24) is 4.98 Å². The molecule has 1 aromatic heterocycles. The Kier molecular flexibility index (Phi) is 6.37. The van der Waals surface area contributed by atoms with E-state index in [9.17, 15) is 0 Å². The molecule has 1 nitrogen and oxygen atoms in total. The van der Waals surface area contributed by atoms with Crippen LogP contribution in [0.4, 0.5) is 0 Å². The number of aromatic nitrogens is 1. The number of fused-ring (bicyclic) bond motifs is 1. The van der Waals surface area contributed by atoms with Crippen LogP contribution in [0.1, 0.15) is 44.5 Å². The van der Waals surface area contributed by atoms with Gasteiger partial charge in [0.2, 0.25) is 0 Å². The molecule has 0 bridgehead atoms. The van der Waals surface area contributed by atoms with Crippen LogP contribution in [0.2, 0.25) is 0 Å². The van der Waals surface area contributed by atoms with Gasteiger partial charge in [-0.2, -0.15) is 0 Å². The molecule has 164 valence electrons. The number of aryl methyl sites for hydroxylation is 2. The number of rotatable bonds is 7. The van der Waals surface area contributed by atoms with E-state index in [1.54, 1.807) is 0 Å². The first-order valence-electron chi connectivity index (χ1n) is 11.5. The first-order valence-corrected chi connectivity index (χ1v) is 12.6. The van der Waals surface area contributed by atoms with E-state index < -0.39 is 0 Å². The van der Waals surface area contributed by atoms with Crippen LogP contribution in [-0.4, -0.2) is 4.98 Å². The average Bonchev–Trinajstić information content (AvgIpc) is 3.27. The topological polar surface area (TPSA) is 15.8 Å². The van der Waals surface area contributed by atoms with E-state index in [1.165, 1.54) is 44.3 Å². The fraction of sp³-hybridized carbons (Fsp3) is 0.161. The van der Waals surface area contributed by atoms with Crippen LogP contribution in [0.5, 0.6) is 0 Å². The molecule has 5 aromatic rings. The molecule has 0 amide bonds. The molecule has 0 aliphatic heterocycles. The molecule has 0 aliphatic rings. The van der Waals surface area contributed by atoms with Gasteiger partial charge in [-0.3, -0.25) is 0 Å². The molecule has 0 saturated carbocycles. The van der Waals surface area contributed by atoms with Gasteiger partial charge in [-0.05, 0) is 53.3 Å². The molecule has 0 saturated heterocycles. The minimum atomic E-state index is 0.233. The number of hydrogen-bond donors (Lipinski definition) is 1. The Hall–Kier alpha value is -3.23. The molecule has 1 heterocycles. The third-order valence-electron chi connectivity index (χ3n) is 6.55. The van der Waals surface area contributed by atoms with Crippen LogP contribution in [0.3, 0.4) is 0 Å². The van der Waals surface area contributed by atoms with Crippen LogP contribution >= 0.6 is 11.8 Å². The Morgan fingerprint density at radius 2 is 1.24 bits per heavy atom. The van der Waals surface area contributed by atoms with Crippen molar-refractivity contribution in [3.8, 4) is 0 Å². The number of aromatic amines is 1. The maximum atomic E-state index is 3.54. The molecule has 5 rings (SSSR count). The summed E-state index contributed by atoms with van der Waals surface area (Å²) in [5, 5.41) is 1.59. The van der Waals surface area contributed by atoms with Crippen LogP contribution in [-0.2, 0) is 5.75 Å². The van der Waals surface area contributed by atoms with E-state index >= 15 is 0 Å². The largest absolute Gasteiger partial charge is 0.361 e. The minimum absolute atomic E-state index is 0.233. The summed E-state index contributed by atoms with van der Waals surface area (Å²) < 4.78 is 0. The molecule has 0 aliphatic carbocycles. The lowest BCUT2D eigenvalue weighted by atomic mass is 9.82. The van der Waals surface area contributed by atoms with Crippen LogP contribution in [0.25, 0.3) is 10.9 Å². The zero-order chi connectivity index (χ0) is 22.6. The monoisotopic (exact) mass is 447 g/mol. The molecular weight excluding hydrogens is 418 g/mol. The van der Waals surface area contributed by atoms with Crippen LogP contribution in [0, 0.1) is 13.8 Å². The van der Waals surface area contributed by atoms with Crippen LogP contribution in [0.15, 0.2) is 109 Å². The average molecular weight is 448 g/mol. The molecule has 1 N–H and O–H groups in total. The number of thioether (sulfide) groups is 1. The summed E-state index contributed by atoms with van der Waals surface area (Å²) in [4.78, 5) is 3.54. The summed E-state index contributed by atoms with van der Waals surface area (Å²) in [7, 11) is 0. The number of nitrogens with one attached hydrogen (secondary N) is 1. The lowest BCUT2D eigenvalue weighted by molar-refractivity contribution is 0.780. The van der Waals surface area contributed by atoms with Gasteiger partial charge >= 0.3 is 0 Å². The van der Waals surface area contributed by atoms with Crippen molar-refractivity contribution in [2.24, 2.45) is 0 Å². The zero-order valence-corrected chi connectivity index (χ0v) is 20.0. The third kappa shape index (κ3) is 4.49. The van der Waals surface area contributed by atoms with E-state index in [0.717, 1.165) is 5.75 Å². The van der Waals surface area contributed by atoms with Gasteiger partial charge in [0.25, 0.3) is 0 Å². The van der Waals surface area contributed by atoms with E-state index in [0.29, 0.717) is 0 Å². The van der Waals surface area contributed by atoms with Gasteiger partial charge in [0.05, 0.1) is 0 Å². The second-order valence-electron chi connectivity index (χ2n) is 8.70. The molecule has 33 heavy (non-hydrogen) atoms. The molecule has 0 unspecified atom stereocenters. The Bertz CT molecular complexity index is 1350. The number of para-hydroxylation sites is 1. The lowest BCUT2D eigenvalue weighted by Gasteiger charge is -2.30. The zero-order valence-electron chi connectivity index (χ0n) is 19.2. The summed E-state index contributed by atoms with van der Waals surface area (Å²) >= 11 is 2.05. The summed E-state index contributed by atoms with van der Waals surface area (Å²) in [6.07, 6.45) is 2.23. The Labute approximate surface area is 200 Å². The first-order chi connectivity index (χ1) is 16.2. The standard InChI is InChI=1S/C31H29NS/c1-22-12-6-8-16-25(22)30(28-20-32-29-19-11-10-18-27(28)29)31(26-17-9-7-13-23(26)2)33-21-24-14-4-3-5-15-24/h3-20,30-32H,21H2,1-2H3/t30-,31+/m1/s1. The summed E-state index contributed by atoms with van der Waals surface area (Å²) in [6.45, 7) is 4.49. The lowest BCUT2D eigenvalue weighted by Crippen LogP contribution is -2.13. The highest BCUT2D eigenvalue weighted by atomic mass is 32.2. The van der Waals surface area contributed by atoms with Crippen molar-refractivity contribution in [2.45, 2.75) is 30.8 Å². The fourth-order valence-corrected chi connectivity index (χ4v) is 6.31. The summed E-state index contributed by atoms with van der Waals surface area (Å²) in [6, 6.07) is 37.3. The van der Waals surface area contributed by atoms with E-state index in [1.807, 2.05) is 11.8 Å². The summed E-state index contributed by atoms with van der Waals surface area (Å²) in [5.41, 5.74) is 9.43. The number of H-pyrrole nitrogens is 1. The second-order valence-corrected chi connectivity index (χ2v) is 9.83. The highest BCUT2D eigenvalue weighted by molar-refractivity contribution is 7.98. The van der Waals surface area contributed by atoms with E-state index in [2.05, 4.69) is 128 Å². The van der Waals surface area contributed by atoms with Crippen molar-refractivity contribution in [1.29, 1.82) is 0 Å². The first kappa shape index (κ1) is 21.6. The highest BCUT2D eigenvalue weighted by Gasteiger charge is 2.31. The fourth-order valence-electron chi connectivity index (χ4n) is 4.81. The maximum absolute atomic E-state index is 3.54. The van der Waals surface area contributed by atoms with E-state index in [-0.39, 0.29) is 11.2 Å². The molecule has 0 fully saturated rings. The summed E-state index contributed by atoms with van der Waals surface area (Å²) in [5.74, 6) is 1.21. The Morgan fingerprint density at radius 3 is 1.97 bits per heavy atom. The van der Waals surface area contributed by atoms with Gasteiger partial charge in [0.15, 0.2) is 0 Å². The quantitative estimate of drug-likeness (QED) is 0.264. The third-order valence-corrected chi connectivity index (χ3v) is 7.94. The number of hydrogen-bond acceptors (Lipinski definition) is 1. The van der Waals surface area contributed by atoms with Gasteiger partial charge in [0.1, 0.15) is 0 Å². The van der Waals surface area contributed by atoms with Gasteiger partial charge in [0, 0.05) is 34.0 Å². The molecule has 0 spiro atoms. The van der Waals surface area contributed by atoms with Gasteiger partial charge in [-0.15, -0.1) is 11.8 Å².